The van der Waals surface area contributed by atoms with Crippen molar-refractivity contribution in [3.8, 4) is 22.5 Å². The Kier molecular flexibility index (Phi) is 5.20. The molecule has 5 nitrogen and oxygen atoms in total. The molecule has 34 heavy (non-hydrogen) atoms. The minimum Gasteiger partial charge on any atom is -0.342 e. The number of amides is 1. The van der Waals surface area contributed by atoms with Gasteiger partial charge in [0.15, 0.2) is 5.65 Å². The molecule has 2 aliphatic rings. The summed E-state index contributed by atoms with van der Waals surface area (Å²) in [7, 11) is 0. The van der Waals surface area contributed by atoms with Crippen molar-refractivity contribution in [2.45, 2.75) is 39.7 Å². The van der Waals surface area contributed by atoms with Gasteiger partial charge in [0.2, 0.25) is 5.91 Å². The van der Waals surface area contributed by atoms with Crippen molar-refractivity contribution in [1.82, 2.24) is 19.4 Å². The van der Waals surface area contributed by atoms with Crippen molar-refractivity contribution < 1.29 is 4.79 Å². The molecule has 3 heterocycles. The number of aryl methyl sites for hydroxylation is 2. The maximum atomic E-state index is 12.5. The molecule has 1 atom stereocenters. The fourth-order valence-electron chi connectivity index (χ4n) is 5.33. The molecule has 172 valence electrons. The van der Waals surface area contributed by atoms with Gasteiger partial charge in [0.25, 0.3) is 0 Å². The molecule has 0 spiro atoms. The molecule has 5 heteroatoms. The average Bonchev–Trinajstić information content (AvgIpc) is 3.49. The minimum absolute atomic E-state index is 0.295. The lowest BCUT2D eigenvalue weighted by atomic mass is 9.98. The summed E-state index contributed by atoms with van der Waals surface area (Å²) in [5, 5.41) is 0. The Bertz CT molecular complexity index is 1370. The number of nitrogens with zero attached hydrogens (tertiary/aromatic N) is 4. The first-order valence-corrected chi connectivity index (χ1v) is 12.3. The number of likely N-dealkylation sites (tertiary alicyclic amines) is 1. The molecule has 1 saturated heterocycles. The molecule has 0 N–H and O–H groups in total. The Morgan fingerprint density at radius 2 is 1.79 bits per heavy atom. The van der Waals surface area contributed by atoms with E-state index >= 15 is 0 Å². The molecule has 1 aliphatic heterocycles. The van der Waals surface area contributed by atoms with Crippen LogP contribution >= 0.6 is 0 Å². The number of pyridine rings is 1. The first kappa shape index (κ1) is 21.1. The van der Waals surface area contributed by atoms with Crippen molar-refractivity contribution in [3.05, 3.63) is 71.9 Å². The van der Waals surface area contributed by atoms with E-state index in [1.807, 2.05) is 6.07 Å². The van der Waals surface area contributed by atoms with E-state index in [1.54, 1.807) is 6.20 Å². The summed E-state index contributed by atoms with van der Waals surface area (Å²) in [4.78, 5) is 24.1. The topological polar surface area (TPSA) is 51.0 Å². The smallest absolute Gasteiger partial charge is 0.225 e. The van der Waals surface area contributed by atoms with E-state index in [0.717, 1.165) is 61.4 Å². The van der Waals surface area contributed by atoms with Gasteiger partial charge in [0, 0.05) is 37.3 Å². The Morgan fingerprint density at radius 3 is 2.56 bits per heavy atom. The molecular formula is C29H30N4O. The zero-order valence-electron chi connectivity index (χ0n) is 19.9. The molecule has 1 aliphatic carbocycles. The van der Waals surface area contributed by atoms with Crippen LogP contribution < -0.4 is 0 Å². The SMILES string of the molecule is Cc1ccc(-c2ccc(-c3nc4ncccc4n3C[C@H]3CCN(C(=O)C4CC4)C3)cc2)c(C)c1. The molecule has 0 bridgehead atoms. The molecule has 1 amide bonds. The van der Waals surface area contributed by atoms with Crippen LogP contribution in [0.4, 0.5) is 0 Å². The van der Waals surface area contributed by atoms with Crippen LogP contribution in [-0.2, 0) is 11.3 Å². The van der Waals surface area contributed by atoms with E-state index in [1.165, 1.54) is 22.3 Å². The highest BCUT2D eigenvalue weighted by molar-refractivity contribution is 5.81. The van der Waals surface area contributed by atoms with E-state index in [2.05, 4.69) is 76.8 Å². The second-order valence-corrected chi connectivity index (χ2v) is 10.0. The van der Waals surface area contributed by atoms with E-state index in [0.29, 0.717) is 17.7 Å². The maximum absolute atomic E-state index is 12.5. The van der Waals surface area contributed by atoms with Gasteiger partial charge in [-0.25, -0.2) is 9.97 Å². The highest BCUT2D eigenvalue weighted by atomic mass is 16.2. The van der Waals surface area contributed by atoms with Gasteiger partial charge < -0.3 is 9.47 Å². The van der Waals surface area contributed by atoms with Gasteiger partial charge in [-0.1, -0.05) is 48.0 Å². The zero-order valence-corrected chi connectivity index (χ0v) is 19.9. The van der Waals surface area contributed by atoms with Crippen molar-refractivity contribution >= 4 is 17.1 Å². The molecule has 0 unspecified atom stereocenters. The Labute approximate surface area is 200 Å². The standard InChI is InChI=1S/C29H30N4O/c1-19-5-12-25(20(2)16-19)22-6-8-23(9-7-22)28-31-27-26(4-3-14-30-27)33(28)18-21-13-15-32(17-21)29(34)24-10-11-24/h3-9,12,14,16,21,24H,10-11,13,15,17-18H2,1-2H3/t21-/m0/s1. The minimum atomic E-state index is 0.295. The van der Waals surface area contributed by atoms with Crippen LogP contribution in [0.3, 0.4) is 0 Å². The predicted octanol–water partition coefficient (Wildman–Crippen LogP) is 5.64. The summed E-state index contributed by atoms with van der Waals surface area (Å²) >= 11 is 0. The van der Waals surface area contributed by atoms with Gasteiger partial charge >= 0.3 is 0 Å². The number of carbonyl (C=O) groups is 1. The number of aromatic nitrogens is 3. The van der Waals surface area contributed by atoms with Gasteiger partial charge in [-0.15, -0.1) is 0 Å². The van der Waals surface area contributed by atoms with Crippen LogP contribution in [0.15, 0.2) is 60.8 Å². The van der Waals surface area contributed by atoms with Crippen LogP contribution in [0, 0.1) is 25.7 Å². The number of benzene rings is 2. The highest BCUT2D eigenvalue weighted by Crippen LogP contribution is 2.34. The normalized spacial score (nSPS) is 18.1. The third kappa shape index (κ3) is 3.89. The van der Waals surface area contributed by atoms with Crippen LogP contribution in [-0.4, -0.2) is 38.4 Å². The van der Waals surface area contributed by atoms with Crippen LogP contribution in [0.2, 0.25) is 0 Å². The van der Waals surface area contributed by atoms with E-state index in [4.69, 9.17) is 4.98 Å². The van der Waals surface area contributed by atoms with Crippen molar-refractivity contribution in [2.75, 3.05) is 13.1 Å². The monoisotopic (exact) mass is 450 g/mol. The number of carbonyl (C=O) groups excluding carboxylic acids is 1. The number of rotatable bonds is 5. The molecule has 0 radical (unpaired) electrons. The van der Waals surface area contributed by atoms with E-state index in [9.17, 15) is 4.79 Å². The summed E-state index contributed by atoms with van der Waals surface area (Å²) in [6.07, 6.45) is 4.99. The second kappa shape index (κ2) is 8.39. The number of fused-ring (bicyclic) bond motifs is 1. The molecular weight excluding hydrogens is 420 g/mol. The summed E-state index contributed by atoms with van der Waals surface area (Å²) in [6, 6.07) is 19.4. The van der Waals surface area contributed by atoms with Gasteiger partial charge in [0.1, 0.15) is 5.82 Å². The van der Waals surface area contributed by atoms with E-state index < -0.39 is 0 Å². The Hall–Kier alpha value is -3.47. The molecule has 1 saturated carbocycles. The summed E-state index contributed by atoms with van der Waals surface area (Å²) in [5.41, 5.74) is 7.98. The molecule has 4 aromatic rings. The highest BCUT2D eigenvalue weighted by Gasteiger charge is 2.36. The quantitative estimate of drug-likeness (QED) is 0.395. The second-order valence-electron chi connectivity index (χ2n) is 10.0. The summed E-state index contributed by atoms with van der Waals surface area (Å²) in [5.74, 6) is 2.05. The summed E-state index contributed by atoms with van der Waals surface area (Å²) < 4.78 is 2.31. The fraction of sp³-hybridized carbons (Fsp3) is 0.345. The zero-order chi connectivity index (χ0) is 23.2. The largest absolute Gasteiger partial charge is 0.342 e. The summed E-state index contributed by atoms with van der Waals surface area (Å²) in [6.45, 7) is 6.87. The van der Waals surface area contributed by atoms with E-state index in [-0.39, 0.29) is 0 Å². The molecule has 2 fully saturated rings. The number of imidazole rings is 1. The van der Waals surface area contributed by atoms with Crippen molar-refractivity contribution in [3.63, 3.8) is 0 Å². The van der Waals surface area contributed by atoms with Gasteiger partial charge in [-0.05, 0) is 67.9 Å². The Morgan fingerprint density at radius 1 is 1.00 bits per heavy atom. The molecule has 2 aromatic carbocycles. The van der Waals surface area contributed by atoms with Crippen molar-refractivity contribution in [2.24, 2.45) is 11.8 Å². The molecule has 2 aromatic heterocycles. The third-order valence-electron chi connectivity index (χ3n) is 7.33. The lowest BCUT2D eigenvalue weighted by Crippen LogP contribution is -2.30. The van der Waals surface area contributed by atoms with Gasteiger partial charge in [-0.3, -0.25) is 4.79 Å². The Balaban J connectivity index is 1.31. The fourth-order valence-corrected chi connectivity index (χ4v) is 5.33. The third-order valence-corrected chi connectivity index (χ3v) is 7.33. The maximum Gasteiger partial charge on any atom is 0.225 e. The lowest BCUT2D eigenvalue weighted by molar-refractivity contribution is -0.131. The molecule has 6 rings (SSSR count). The number of hydrogen-bond donors (Lipinski definition) is 0. The average molecular weight is 451 g/mol. The first-order chi connectivity index (χ1) is 16.6. The first-order valence-electron chi connectivity index (χ1n) is 12.3. The van der Waals surface area contributed by atoms with Crippen LogP contribution in [0.1, 0.15) is 30.4 Å². The van der Waals surface area contributed by atoms with Crippen molar-refractivity contribution in [1.29, 1.82) is 0 Å². The number of hydrogen-bond acceptors (Lipinski definition) is 3. The van der Waals surface area contributed by atoms with Gasteiger partial charge in [-0.2, -0.15) is 0 Å². The van der Waals surface area contributed by atoms with Crippen LogP contribution in [0.5, 0.6) is 0 Å². The lowest BCUT2D eigenvalue weighted by Gasteiger charge is -2.18. The van der Waals surface area contributed by atoms with Gasteiger partial charge in [0.05, 0.1) is 5.52 Å². The van der Waals surface area contributed by atoms with Crippen LogP contribution in [0.25, 0.3) is 33.7 Å². The predicted molar refractivity (Wildman–Crippen MR) is 135 cm³/mol.